The Morgan fingerprint density at radius 1 is 0.944 bits per heavy atom. The van der Waals surface area contributed by atoms with Gasteiger partial charge in [-0.3, -0.25) is 4.79 Å². The van der Waals surface area contributed by atoms with E-state index in [-0.39, 0.29) is 0 Å². The van der Waals surface area contributed by atoms with Crippen molar-refractivity contribution in [3.63, 3.8) is 0 Å². The SMILES string of the molecule is C=C/C(OC)=C(\C=C/CC=O)N(CCOC)CCOCCN(CCOC)c1ccc(C=O)cc1OC. The van der Waals surface area contributed by atoms with Crippen molar-refractivity contribution >= 4 is 18.3 Å². The van der Waals surface area contributed by atoms with Crippen molar-refractivity contribution < 1.29 is 33.3 Å². The molecule has 0 heterocycles. The van der Waals surface area contributed by atoms with Gasteiger partial charge in [-0.2, -0.15) is 0 Å². The molecule has 0 aliphatic carbocycles. The van der Waals surface area contributed by atoms with Crippen LogP contribution in [-0.4, -0.2) is 98.5 Å². The molecule has 9 heteroatoms. The van der Waals surface area contributed by atoms with Crippen LogP contribution in [0.3, 0.4) is 0 Å². The molecule has 0 N–H and O–H groups in total. The zero-order chi connectivity index (χ0) is 26.6. The van der Waals surface area contributed by atoms with E-state index in [2.05, 4.69) is 16.4 Å². The Morgan fingerprint density at radius 2 is 1.61 bits per heavy atom. The zero-order valence-corrected chi connectivity index (χ0v) is 21.9. The highest BCUT2D eigenvalue weighted by molar-refractivity contribution is 5.78. The van der Waals surface area contributed by atoms with E-state index in [1.807, 2.05) is 12.1 Å². The molecular weight excluding hydrogens is 464 g/mol. The largest absolute Gasteiger partial charge is 0.495 e. The third-order valence-electron chi connectivity index (χ3n) is 5.33. The number of benzene rings is 1. The monoisotopic (exact) mass is 504 g/mol. The summed E-state index contributed by atoms with van der Waals surface area (Å²) in [6.45, 7) is 8.25. The van der Waals surface area contributed by atoms with Gasteiger partial charge < -0.3 is 38.3 Å². The van der Waals surface area contributed by atoms with Crippen LogP contribution in [0.1, 0.15) is 16.8 Å². The fourth-order valence-corrected chi connectivity index (χ4v) is 3.46. The average molecular weight is 505 g/mol. The van der Waals surface area contributed by atoms with E-state index in [4.69, 9.17) is 23.7 Å². The Balaban J connectivity index is 2.87. The van der Waals surface area contributed by atoms with Crippen LogP contribution in [-0.2, 0) is 23.7 Å². The highest BCUT2D eigenvalue weighted by Gasteiger charge is 2.15. The number of ether oxygens (including phenoxy) is 5. The number of carbonyl (C=O) groups excluding carboxylic acids is 2. The minimum absolute atomic E-state index is 0.306. The van der Waals surface area contributed by atoms with Crippen molar-refractivity contribution in [2.75, 3.05) is 85.9 Å². The van der Waals surface area contributed by atoms with Gasteiger partial charge in [0.05, 0.1) is 52.0 Å². The van der Waals surface area contributed by atoms with Crippen molar-refractivity contribution in [3.8, 4) is 5.75 Å². The average Bonchev–Trinajstić information content (AvgIpc) is 2.91. The van der Waals surface area contributed by atoms with E-state index in [1.54, 1.807) is 52.7 Å². The number of anilines is 1. The van der Waals surface area contributed by atoms with E-state index in [0.717, 1.165) is 24.0 Å². The van der Waals surface area contributed by atoms with E-state index < -0.39 is 0 Å². The predicted octanol–water partition coefficient (Wildman–Crippen LogP) is 3.11. The Bertz CT molecular complexity index is 855. The number of aldehydes is 2. The molecule has 0 aliphatic heterocycles. The summed E-state index contributed by atoms with van der Waals surface area (Å²) in [4.78, 5) is 26.1. The molecule has 1 aromatic carbocycles. The van der Waals surface area contributed by atoms with Crippen molar-refractivity contribution in [1.29, 1.82) is 0 Å². The van der Waals surface area contributed by atoms with Crippen molar-refractivity contribution in [2.45, 2.75) is 6.42 Å². The summed E-state index contributed by atoms with van der Waals surface area (Å²) in [5.74, 6) is 1.22. The van der Waals surface area contributed by atoms with E-state index in [0.29, 0.717) is 76.1 Å². The lowest BCUT2D eigenvalue weighted by molar-refractivity contribution is -0.107. The molecule has 0 aliphatic rings. The van der Waals surface area contributed by atoms with Crippen LogP contribution >= 0.6 is 0 Å². The van der Waals surface area contributed by atoms with Crippen molar-refractivity contribution in [2.24, 2.45) is 0 Å². The molecule has 0 spiro atoms. The normalized spacial score (nSPS) is 11.7. The van der Waals surface area contributed by atoms with Gasteiger partial charge in [-0.1, -0.05) is 12.7 Å². The fraction of sp³-hybridized carbons (Fsp3) is 0.481. The summed E-state index contributed by atoms with van der Waals surface area (Å²) in [6.07, 6.45) is 7.21. The minimum atomic E-state index is 0.306. The topological polar surface area (TPSA) is 86.8 Å². The van der Waals surface area contributed by atoms with Gasteiger partial charge in [0.2, 0.25) is 0 Å². The first-order valence-corrected chi connectivity index (χ1v) is 11.8. The second-order valence-electron chi connectivity index (χ2n) is 7.58. The quantitative estimate of drug-likeness (QED) is 0.108. The maximum absolute atomic E-state index is 11.1. The number of carbonyl (C=O) groups is 2. The molecule has 0 radical (unpaired) electrons. The summed E-state index contributed by atoms with van der Waals surface area (Å²) < 4.78 is 27.5. The van der Waals surface area contributed by atoms with Crippen LogP contribution in [0.2, 0.25) is 0 Å². The Kier molecular flexibility index (Phi) is 16.4. The van der Waals surface area contributed by atoms with Crippen LogP contribution in [0.4, 0.5) is 5.69 Å². The standard InChI is InChI=1S/C27H40N2O7/c1-6-26(34-4)24(9-7-8-16-30)28(12-17-32-2)14-19-36-20-15-29(13-18-33-3)25-11-10-23(22-31)21-27(25)35-5/h6-7,9-11,16,21-22H,1,8,12-15,17-20H2,2-5H3/b9-7-,26-24-. The lowest BCUT2D eigenvalue weighted by Gasteiger charge is -2.28. The molecule has 0 bridgehead atoms. The van der Waals surface area contributed by atoms with Crippen LogP contribution in [0.15, 0.2) is 54.5 Å². The molecule has 1 rings (SSSR count). The first-order valence-electron chi connectivity index (χ1n) is 11.8. The molecule has 0 atom stereocenters. The van der Waals surface area contributed by atoms with E-state index in [9.17, 15) is 9.59 Å². The molecular formula is C27H40N2O7. The number of hydrogen-bond donors (Lipinski definition) is 0. The van der Waals surface area contributed by atoms with Gasteiger partial charge in [-0.25, -0.2) is 0 Å². The molecule has 1 aromatic rings. The van der Waals surface area contributed by atoms with Gasteiger partial charge in [0, 0.05) is 52.4 Å². The van der Waals surface area contributed by atoms with Crippen molar-refractivity contribution in [1.82, 2.24) is 4.90 Å². The predicted molar refractivity (Wildman–Crippen MR) is 141 cm³/mol. The molecule has 36 heavy (non-hydrogen) atoms. The number of allylic oxidation sites excluding steroid dienone is 3. The molecule has 0 unspecified atom stereocenters. The second-order valence-corrected chi connectivity index (χ2v) is 7.58. The highest BCUT2D eigenvalue weighted by Crippen LogP contribution is 2.29. The highest BCUT2D eigenvalue weighted by atomic mass is 16.5. The van der Waals surface area contributed by atoms with Gasteiger partial charge in [0.25, 0.3) is 0 Å². The maximum atomic E-state index is 11.1. The number of hydrogen-bond acceptors (Lipinski definition) is 9. The molecule has 0 saturated heterocycles. The van der Waals surface area contributed by atoms with Gasteiger partial charge >= 0.3 is 0 Å². The van der Waals surface area contributed by atoms with Gasteiger partial charge in [-0.05, 0) is 30.4 Å². The summed E-state index contributed by atoms with van der Waals surface area (Å²) in [5.41, 5.74) is 2.22. The first-order chi connectivity index (χ1) is 17.6. The zero-order valence-electron chi connectivity index (χ0n) is 21.9. The summed E-state index contributed by atoms with van der Waals surface area (Å²) in [7, 11) is 6.47. The Morgan fingerprint density at radius 3 is 2.22 bits per heavy atom. The fourth-order valence-electron chi connectivity index (χ4n) is 3.46. The molecule has 0 fully saturated rings. The molecule has 0 amide bonds. The number of rotatable bonds is 21. The Hall–Kier alpha value is -3.14. The van der Waals surface area contributed by atoms with Crippen LogP contribution in [0.5, 0.6) is 5.75 Å². The first kappa shape index (κ1) is 30.9. The van der Waals surface area contributed by atoms with Gasteiger partial charge in [0.1, 0.15) is 24.1 Å². The lowest BCUT2D eigenvalue weighted by Crippen LogP contribution is -2.33. The van der Waals surface area contributed by atoms with E-state index >= 15 is 0 Å². The van der Waals surface area contributed by atoms with Gasteiger partial charge in [-0.15, -0.1) is 0 Å². The van der Waals surface area contributed by atoms with Gasteiger partial charge in [0.15, 0.2) is 0 Å². The van der Waals surface area contributed by atoms with Crippen molar-refractivity contribution in [3.05, 3.63) is 60.0 Å². The molecule has 9 nitrogen and oxygen atoms in total. The maximum Gasteiger partial charge on any atom is 0.150 e. The lowest BCUT2D eigenvalue weighted by atomic mass is 10.2. The summed E-state index contributed by atoms with van der Waals surface area (Å²) >= 11 is 0. The molecule has 200 valence electrons. The Labute approximate surface area is 214 Å². The third-order valence-corrected chi connectivity index (χ3v) is 5.33. The smallest absolute Gasteiger partial charge is 0.150 e. The summed E-state index contributed by atoms with van der Waals surface area (Å²) in [6, 6.07) is 5.35. The minimum Gasteiger partial charge on any atom is -0.495 e. The second kappa shape index (κ2) is 19.1. The van der Waals surface area contributed by atoms with Crippen LogP contribution < -0.4 is 9.64 Å². The number of nitrogens with zero attached hydrogens (tertiary/aromatic N) is 2. The van der Waals surface area contributed by atoms with Crippen LogP contribution in [0.25, 0.3) is 0 Å². The third kappa shape index (κ3) is 10.6. The molecule has 0 aromatic heterocycles. The molecule has 0 saturated carbocycles. The van der Waals surface area contributed by atoms with Crippen LogP contribution in [0, 0.1) is 0 Å². The van der Waals surface area contributed by atoms with E-state index in [1.165, 1.54) is 0 Å². The number of methoxy groups -OCH3 is 4. The summed E-state index contributed by atoms with van der Waals surface area (Å²) in [5, 5.41) is 0.